The maximum Gasteiger partial charge on any atom is 0.270 e. The molecule has 0 aliphatic carbocycles. The molecule has 1 N–H and O–H groups in total. The highest BCUT2D eigenvalue weighted by Gasteiger charge is 2.27. The molecule has 1 fully saturated rings. The van der Waals surface area contributed by atoms with Crippen LogP contribution >= 0.6 is 35.2 Å². The molecule has 160 valence electrons. The first-order valence-electron chi connectivity index (χ1n) is 9.31. The van der Waals surface area contributed by atoms with E-state index in [2.05, 4.69) is 5.32 Å². The van der Waals surface area contributed by atoms with Gasteiger partial charge in [-0.15, -0.1) is 11.3 Å². The Morgan fingerprint density at radius 2 is 1.84 bits per heavy atom. The van der Waals surface area contributed by atoms with Gasteiger partial charge in [0, 0.05) is 48.4 Å². The van der Waals surface area contributed by atoms with Crippen molar-refractivity contribution in [1.82, 2.24) is 9.80 Å². The highest BCUT2D eigenvalue weighted by Crippen LogP contribution is 2.38. The highest BCUT2D eigenvalue weighted by molar-refractivity contribution is 7.80. The van der Waals surface area contributed by atoms with Crippen molar-refractivity contribution in [3.8, 4) is 0 Å². The van der Waals surface area contributed by atoms with Gasteiger partial charge in [0.05, 0.1) is 15.6 Å². The van der Waals surface area contributed by atoms with Gasteiger partial charge in [0.2, 0.25) is 0 Å². The van der Waals surface area contributed by atoms with E-state index >= 15 is 0 Å². The first-order valence-corrected chi connectivity index (χ1v) is 10.9. The molecule has 0 spiro atoms. The number of nitro benzene ring substituents is 1. The molecular weight excluding hydrogens is 463 g/mol. The number of halogens is 2. The summed E-state index contributed by atoms with van der Waals surface area (Å²) in [6, 6.07) is 10.6. The standard InChI is InChI=1S/C20H16ClFN4O3S2/c21-17-13-6-5-12(26(28)29)11-16(13)31-18(17)19(27)24-7-9-25(10-8-24)20(30)23-15-4-2-1-3-14(15)22/h1-6,11H,7-10H2,(H,23,30). The number of carbonyl (C=O) groups is 1. The fourth-order valence-corrected chi connectivity index (χ4v) is 5.12. The van der Waals surface area contributed by atoms with Crippen molar-refractivity contribution in [2.24, 2.45) is 0 Å². The zero-order chi connectivity index (χ0) is 22.1. The Morgan fingerprint density at radius 1 is 1.16 bits per heavy atom. The lowest BCUT2D eigenvalue weighted by atomic mass is 10.2. The molecular formula is C20H16ClFN4O3S2. The smallest absolute Gasteiger partial charge is 0.270 e. The molecule has 1 aliphatic heterocycles. The highest BCUT2D eigenvalue weighted by atomic mass is 35.5. The average molecular weight is 479 g/mol. The number of para-hydroxylation sites is 1. The van der Waals surface area contributed by atoms with Gasteiger partial charge in [-0.05, 0) is 30.4 Å². The first-order chi connectivity index (χ1) is 14.8. The van der Waals surface area contributed by atoms with Gasteiger partial charge in [0.1, 0.15) is 10.7 Å². The number of carbonyl (C=O) groups excluding carboxylic acids is 1. The molecule has 11 heteroatoms. The van der Waals surface area contributed by atoms with Crippen molar-refractivity contribution >= 4 is 67.6 Å². The Hall–Kier alpha value is -2.82. The van der Waals surface area contributed by atoms with Crippen LogP contribution in [0.4, 0.5) is 15.8 Å². The lowest BCUT2D eigenvalue weighted by Gasteiger charge is -2.36. The van der Waals surface area contributed by atoms with Crippen LogP contribution in [0.1, 0.15) is 9.67 Å². The number of rotatable bonds is 3. The third-order valence-corrected chi connectivity index (χ3v) is 6.99. The SMILES string of the molecule is O=C(c1sc2cc([N+](=O)[O-])ccc2c1Cl)N1CCN(C(=S)Nc2ccccc2F)CC1. The van der Waals surface area contributed by atoms with Crippen molar-refractivity contribution in [3.63, 3.8) is 0 Å². The summed E-state index contributed by atoms with van der Waals surface area (Å²) in [6.07, 6.45) is 0. The Bertz CT molecular complexity index is 1190. The molecule has 1 amide bonds. The zero-order valence-electron chi connectivity index (χ0n) is 16.0. The minimum atomic E-state index is -0.480. The number of fused-ring (bicyclic) bond motifs is 1. The molecule has 1 saturated heterocycles. The van der Waals surface area contributed by atoms with Crippen LogP contribution in [-0.2, 0) is 0 Å². The number of nitrogens with zero attached hydrogens (tertiary/aromatic N) is 3. The van der Waals surface area contributed by atoms with Crippen LogP contribution in [-0.4, -0.2) is 51.9 Å². The molecule has 3 aromatic rings. The predicted molar refractivity (Wildman–Crippen MR) is 124 cm³/mol. The van der Waals surface area contributed by atoms with Gasteiger partial charge in [-0.1, -0.05) is 23.7 Å². The topological polar surface area (TPSA) is 78.7 Å². The molecule has 0 atom stereocenters. The normalized spacial score (nSPS) is 14.0. The van der Waals surface area contributed by atoms with Crippen LogP contribution in [0, 0.1) is 15.9 Å². The number of amides is 1. The Balaban J connectivity index is 1.43. The third-order valence-electron chi connectivity index (χ3n) is 4.99. The molecule has 0 bridgehead atoms. The number of thiophene rings is 1. The van der Waals surface area contributed by atoms with Crippen molar-refractivity contribution in [3.05, 3.63) is 68.3 Å². The Kier molecular flexibility index (Phi) is 6.03. The summed E-state index contributed by atoms with van der Waals surface area (Å²) in [5, 5.41) is 15.2. The van der Waals surface area contributed by atoms with E-state index in [0.717, 1.165) is 11.3 Å². The number of non-ortho nitro benzene ring substituents is 1. The molecule has 4 rings (SSSR count). The van der Waals surface area contributed by atoms with Gasteiger partial charge in [0.15, 0.2) is 5.11 Å². The number of nitrogens with one attached hydrogen (secondary N) is 1. The van der Waals surface area contributed by atoms with E-state index in [-0.39, 0.29) is 11.6 Å². The number of benzene rings is 2. The summed E-state index contributed by atoms with van der Waals surface area (Å²) in [5.41, 5.74) is 0.256. The summed E-state index contributed by atoms with van der Waals surface area (Å²) in [4.78, 5) is 27.5. The van der Waals surface area contributed by atoms with Crippen LogP contribution in [0.25, 0.3) is 10.1 Å². The molecule has 2 aromatic carbocycles. The van der Waals surface area contributed by atoms with Gasteiger partial charge in [-0.25, -0.2) is 4.39 Å². The summed E-state index contributed by atoms with van der Waals surface area (Å²) in [6.45, 7) is 1.81. The minimum absolute atomic E-state index is 0.0473. The van der Waals surface area contributed by atoms with Gasteiger partial charge in [-0.3, -0.25) is 14.9 Å². The van der Waals surface area contributed by atoms with E-state index < -0.39 is 10.7 Å². The number of thiocarbonyl (C=S) groups is 1. The summed E-state index contributed by atoms with van der Waals surface area (Å²) in [7, 11) is 0. The predicted octanol–water partition coefficient (Wildman–Crippen LogP) is 4.76. The summed E-state index contributed by atoms with van der Waals surface area (Å²) >= 11 is 12.9. The van der Waals surface area contributed by atoms with E-state index in [1.54, 1.807) is 29.2 Å². The fraction of sp³-hybridized carbons (Fsp3) is 0.200. The van der Waals surface area contributed by atoms with Crippen LogP contribution in [0.15, 0.2) is 42.5 Å². The van der Waals surface area contributed by atoms with Crippen LogP contribution in [0.3, 0.4) is 0 Å². The number of hydrogen-bond acceptors (Lipinski definition) is 5. The fourth-order valence-electron chi connectivity index (χ4n) is 3.32. The summed E-state index contributed by atoms with van der Waals surface area (Å²) in [5.74, 6) is -0.611. The van der Waals surface area contributed by atoms with E-state index in [0.29, 0.717) is 57.0 Å². The maximum absolute atomic E-state index is 13.8. The number of piperazine rings is 1. The quantitative estimate of drug-likeness (QED) is 0.332. The maximum atomic E-state index is 13.8. The molecule has 0 radical (unpaired) electrons. The van der Waals surface area contributed by atoms with Crippen molar-refractivity contribution in [2.45, 2.75) is 0 Å². The number of anilines is 1. The van der Waals surface area contributed by atoms with Crippen molar-refractivity contribution < 1.29 is 14.1 Å². The van der Waals surface area contributed by atoms with Crippen molar-refractivity contribution in [2.75, 3.05) is 31.5 Å². The lowest BCUT2D eigenvalue weighted by Crippen LogP contribution is -2.51. The molecule has 7 nitrogen and oxygen atoms in total. The van der Waals surface area contributed by atoms with Crippen LogP contribution < -0.4 is 5.32 Å². The first kappa shape index (κ1) is 21.4. The van der Waals surface area contributed by atoms with Gasteiger partial charge in [0.25, 0.3) is 11.6 Å². The lowest BCUT2D eigenvalue weighted by molar-refractivity contribution is -0.384. The number of hydrogen-bond donors (Lipinski definition) is 1. The second-order valence-corrected chi connectivity index (χ2v) is 8.69. The third kappa shape index (κ3) is 4.32. The minimum Gasteiger partial charge on any atom is -0.345 e. The van der Waals surface area contributed by atoms with Crippen molar-refractivity contribution in [1.29, 1.82) is 0 Å². The second kappa shape index (κ2) is 8.74. The number of nitro groups is 1. The molecule has 0 unspecified atom stereocenters. The van der Waals surface area contributed by atoms with Gasteiger partial charge in [-0.2, -0.15) is 0 Å². The molecule has 1 aliphatic rings. The van der Waals surface area contributed by atoms with E-state index in [1.165, 1.54) is 18.2 Å². The van der Waals surface area contributed by atoms with E-state index in [9.17, 15) is 19.3 Å². The van der Waals surface area contributed by atoms with Gasteiger partial charge < -0.3 is 15.1 Å². The Morgan fingerprint density at radius 3 is 2.52 bits per heavy atom. The largest absolute Gasteiger partial charge is 0.345 e. The van der Waals surface area contributed by atoms with E-state index in [4.69, 9.17) is 23.8 Å². The monoisotopic (exact) mass is 478 g/mol. The average Bonchev–Trinajstić information content (AvgIpc) is 3.10. The molecule has 1 aromatic heterocycles. The molecule has 0 saturated carbocycles. The zero-order valence-corrected chi connectivity index (χ0v) is 18.4. The summed E-state index contributed by atoms with van der Waals surface area (Å²) < 4.78 is 14.4. The van der Waals surface area contributed by atoms with Crippen LogP contribution in [0.5, 0.6) is 0 Å². The van der Waals surface area contributed by atoms with Gasteiger partial charge >= 0.3 is 0 Å². The molecule has 31 heavy (non-hydrogen) atoms. The van der Waals surface area contributed by atoms with E-state index in [1.807, 2.05) is 4.90 Å². The molecule has 2 heterocycles. The van der Waals surface area contributed by atoms with Crippen LogP contribution in [0.2, 0.25) is 5.02 Å². The Labute approximate surface area is 191 Å². The second-order valence-electron chi connectivity index (χ2n) is 6.87.